The first-order chi connectivity index (χ1) is 18.0. The highest BCUT2D eigenvalue weighted by molar-refractivity contribution is 6.07. The van der Waals surface area contributed by atoms with E-state index in [0.717, 1.165) is 10.8 Å². The molecule has 0 atom stereocenters. The monoisotopic (exact) mass is 493 g/mol. The van der Waals surface area contributed by atoms with Gasteiger partial charge in [0.25, 0.3) is 0 Å². The Balaban J connectivity index is 1.29. The van der Waals surface area contributed by atoms with Crippen molar-refractivity contribution in [3.8, 4) is 23.1 Å². The summed E-state index contributed by atoms with van der Waals surface area (Å²) >= 11 is 0. The number of aromatic amines is 2. The van der Waals surface area contributed by atoms with Crippen molar-refractivity contribution < 1.29 is 14.6 Å². The van der Waals surface area contributed by atoms with Gasteiger partial charge < -0.3 is 20.1 Å². The van der Waals surface area contributed by atoms with Gasteiger partial charge in [0.05, 0.1) is 11.4 Å². The number of ether oxygens (including phenoxy) is 1. The molecule has 0 aliphatic carbocycles. The van der Waals surface area contributed by atoms with Gasteiger partial charge in [0.15, 0.2) is 11.4 Å². The lowest BCUT2D eigenvalue weighted by molar-refractivity contribution is 0.262. The summed E-state index contributed by atoms with van der Waals surface area (Å²) in [5.41, 5.74) is 1.69. The Morgan fingerprint density at radius 1 is 0.892 bits per heavy atom. The quantitative estimate of drug-likeness (QED) is 0.234. The van der Waals surface area contributed by atoms with Crippen LogP contribution < -0.4 is 21.1 Å². The van der Waals surface area contributed by atoms with Gasteiger partial charge in [-0.3, -0.25) is 10.3 Å². The van der Waals surface area contributed by atoms with Crippen molar-refractivity contribution in [2.75, 3.05) is 10.6 Å². The lowest BCUT2D eigenvalue weighted by atomic mass is 10.1. The maximum absolute atomic E-state index is 12.9. The number of amides is 2. The molecule has 2 amide bonds. The topological polar surface area (TPSA) is 150 Å². The van der Waals surface area contributed by atoms with Gasteiger partial charge in [-0.1, -0.05) is 42.5 Å². The standard InChI is InChI=1S/C26H19N7O4/c34-22-14-21(33(32-22)15-6-2-1-3-7-15)29-25(35)28-18-10-11-19(17-9-5-4-8-16(17)18)37-20-12-13-27-24-23(20)30-26(36)31-24/h1-14H,(H,32,34)(H2,28,29,35)(H2,27,30,31,36). The number of aromatic nitrogens is 5. The Bertz CT molecular complexity index is 1820. The Kier molecular flexibility index (Phi) is 5.27. The number of urea groups is 1. The zero-order valence-corrected chi connectivity index (χ0v) is 19.1. The van der Waals surface area contributed by atoms with Crippen LogP contribution in [0.3, 0.4) is 0 Å². The number of aromatic hydroxyl groups is 1. The van der Waals surface area contributed by atoms with Gasteiger partial charge in [-0.05, 0) is 24.3 Å². The number of fused-ring (bicyclic) bond motifs is 2. The zero-order valence-electron chi connectivity index (χ0n) is 19.1. The molecule has 6 rings (SSSR count). The smallest absolute Gasteiger partial charge is 0.325 e. The van der Waals surface area contributed by atoms with Gasteiger partial charge in [-0.2, -0.15) is 0 Å². The summed E-state index contributed by atoms with van der Waals surface area (Å²) in [5.74, 6) is 1.04. The van der Waals surface area contributed by atoms with E-state index in [1.54, 1.807) is 36.5 Å². The second kappa shape index (κ2) is 8.89. The van der Waals surface area contributed by atoms with Gasteiger partial charge in [-0.25, -0.2) is 19.3 Å². The number of rotatable bonds is 5. The number of imidazole rings is 1. The summed E-state index contributed by atoms with van der Waals surface area (Å²) in [7, 11) is 0. The Morgan fingerprint density at radius 3 is 2.51 bits per heavy atom. The zero-order chi connectivity index (χ0) is 25.4. The van der Waals surface area contributed by atoms with Crippen molar-refractivity contribution in [2.24, 2.45) is 0 Å². The summed E-state index contributed by atoms with van der Waals surface area (Å²) in [6, 6.07) is 22.5. The molecule has 0 aliphatic heterocycles. The van der Waals surface area contributed by atoms with Crippen LogP contribution in [-0.4, -0.2) is 35.9 Å². The second-order valence-corrected chi connectivity index (χ2v) is 8.08. The van der Waals surface area contributed by atoms with Crippen LogP contribution in [0, 0.1) is 0 Å². The summed E-state index contributed by atoms with van der Waals surface area (Å²) in [6.07, 6.45) is 1.54. The number of nitrogens with one attached hydrogen (secondary N) is 4. The van der Waals surface area contributed by atoms with Crippen molar-refractivity contribution in [3.63, 3.8) is 0 Å². The van der Waals surface area contributed by atoms with Crippen molar-refractivity contribution in [1.29, 1.82) is 0 Å². The highest BCUT2D eigenvalue weighted by Gasteiger charge is 2.15. The molecule has 0 aliphatic rings. The lowest BCUT2D eigenvalue weighted by Gasteiger charge is -2.14. The molecule has 0 fully saturated rings. The molecular weight excluding hydrogens is 474 g/mol. The van der Waals surface area contributed by atoms with E-state index in [2.05, 4.69) is 30.7 Å². The summed E-state index contributed by atoms with van der Waals surface area (Å²) in [4.78, 5) is 34.1. The van der Waals surface area contributed by atoms with Crippen molar-refractivity contribution >= 4 is 39.5 Å². The van der Waals surface area contributed by atoms with E-state index in [1.807, 2.05) is 42.5 Å². The van der Waals surface area contributed by atoms with Crippen LogP contribution in [0.25, 0.3) is 27.6 Å². The molecule has 5 N–H and O–H groups in total. The van der Waals surface area contributed by atoms with Crippen LogP contribution in [-0.2, 0) is 0 Å². The van der Waals surface area contributed by atoms with Crippen LogP contribution in [0.4, 0.5) is 16.3 Å². The molecule has 182 valence electrons. The fourth-order valence-electron chi connectivity index (χ4n) is 4.08. The third-order valence-corrected chi connectivity index (χ3v) is 5.67. The average molecular weight is 493 g/mol. The molecule has 3 aromatic carbocycles. The summed E-state index contributed by atoms with van der Waals surface area (Å²) < 4.78 is 7.58. The fraction of sp³-hybridized carbons (Fsp3) is 0. The van der Waals surface area contributed by atoms with E-state index in [9.17, 15) is 14.7 Å². The van der Waals surface area contributed by atoms with E-state index in [4.69, 9.17) is 4.74 Å². The van der Waals surface area contributed by atoms with Gasteiger partial charge >= 0.3 is 11.7 Å². The molecular formula is C26H19N7O4. The normalized spacial score (nSPS) is 11.0. The van der Waals surface area contributed by atoms with E-state index >= 15 is 0 Å². The number of pyridine rings is 1. The maximum atomic E-state index is 12.9. The number of para-hydroxylation sites is 1. The van der Waals surface area contributed by atoms with Crippen LogP contribution in [0.2, 0.25) is 0 Å². The lowest BCUT2D eigenvalue weighted by Crippen LogP contribution is -2.21. The second-order valence-electron chi connectivity index (χ2n) is 8.08. The number of hydrogen-bond donors (Lipinski definition) is 5. The van der Waals surface area contributed by atoms with E-state index in [1.165, 1.54) is 10.7 Å². The van der Waals surface area contributed by atoms with E-state index < -0.39 is 6.03 Å². The van der Waals surface area contributed by atoms with Crippen molar-refractivity contribution in [1.82, 2.24) is 24.7 Å². The van der Waals surface area contributed by atoms with Crippen LogP contribution >= 0.6 is 0 Å². The van der Waals surface area contributed by atoms with E-state index in [-0.39, 0.29) is 11.6 Å². The number of benzene rings is 3. The number of carbonyl (C=O) groups excluding carboxylic acids is 1. The predicted molar refractivity (Wildman–Crippen MR) is 139 cm³/mol. The largest absolute Gasteiger partial charge is 0.492 e. The first-order valence-corrected chi connectivity index (χ1v) is 11.2. The Morgan fingerprint density at radius 2 is 1.68 bits per heavy atom. The highest BCUT2D eigenvalue weighted by atomic mass is 16.5. The Labute approximate surface area is 208 Å². The van der Waals surface area contributed by atoms with E-state index in [0.29, 0.717) is 39.9 Å². The molecule has 11 heteroatoms. The first kappa shape index (κ1) is 21.9. The molecule has 6 aromatic rings. The number of H-pyrrole nitrogens is 2. The molecule has 3 heterocycles. The van der Waals surface area contributed by atoms with Crippen molar-refractivity contribution in [2.45, 2.75) is 0 Å². The Hall–Kier alpha value is -5.58. The average Bonchev–Trinajstić information content (AvgIpc) is 3.47. The molecule has 3 aromatic heterocycles. The van der Waals surface area contributed by atoms with Gasteiger partial charge in [0.2, 0.25) is 5.88 Å². The summed E-state index contributed by atoms with van der Waals surface area (Å²) in [6.45, 7) is 0. The number of nitrogens with zero attached hydrogens (tertiary/aromatic N) is 3. The van der Waals surface area contributed by atoms with Gasteiger partial charge in [0.1, 0.15) is 17.1 Å². The molecule has 0 bridgehead atoms. The van der Waals surface area contributed by atoms with Crippen LogP contribution in [0.1, 0.15) is 0 Å². The third kappa shape index (κ3) is 4.21. The SMILES string of the molecule is O=C(Nc1ccc(Oc2ccnc3[nH]c(=O)[nH]c23)c2ccccc12)Nc1cc(O)nn1-c1ccccc1. The number of carbonyl (C=O) groups is 1. The first-order valence-electron chi connectivity index (χ1n) is 11.2. The molecule has 0 unspecified atom stereocenters. The summed E-state index contributed by atoms with van der Waals surface area (Å²) in [5, 5.41) is 21.0. The maximum Gasteiger partial charge on any atom is 0.325 e. The number of hydrogen-bond acceptors (Lipinski definition) is 6. The molecule has 0 saturated heterocycles. The van der Waals surface area contributed by atoms with Gasteiger partial charge in [-0.15, -0.1) is 5.10 Å². The molecule has 37 heavy (non-hydrogen) atoms. The fourth-order valence-corrected chi connectivity index (χ4v) is 4.08. The molecule has 0 saturated carbocycles. The minimum absolute atomic E-state index is 0.222. The molecule has 11 nitrogen and oxygen atoms in total. The highest BCUT2D eigenvalue weighted by Crippen LogP contribution is 2.35. The molecule has 0 spiro atoms. The number of anilines is 2. The predicted octanol–water partition coefficient (Wildman–Crippen LogP) is 4.73. The minimum Gasteiger partial charge on any atom is -0.492 e. The molecule has 0 radical (unpaired) electrons. The third-order valence-electron chi connectivity index (χ3n) is 5.67. The van der Waals surface area contributed by atoms with Crippen molar-refractivity contribution in [3.05, 3.63) is 95.5 Å². The minimum atomic E-state index is -0.517. The van der Waals surface area contributed by atoms with Crippen LogP contribution in [0.5, 0.6) is 17.4 Å². The van der Waals surface area contributed by atoms with Crippen LogP contribution in [0.15, 0.2) is 89.9 Å². The van der Waals surface area contributed by atoms with Gasteiger partial charge in [0, 0.05) is 29.1 Å².